The van der Waals surface area contributed by atoms with Crippen LogP contribution >= 0.6 is 0 Å². The highest BCUT2D eigenvalue weighted by Crippen LogP contribution is 2.33. The van der Waals surface area contributed by atoms with E-state index in [1.54, 1.807) is 0 Å². The second-order valence-corrected chi connectivity index (χ2v) is 5.34. The van der Waals surface area contributed by atoms with Crippen LogP contribution in [0.2, 0.25) is 0 Å². The molecule has 3 rings (SSSR count). The fourth-order valence-electron chi connectivity index (χ4n) is 2.91. The summed E-state index contributed by atoms with van der Waals surface area (Å²) in [7, 11) is 0. The topological polar surface area (TPSA) is 52.0 Å². The molecule has 0 atom stereocenters. The Kier molecular flexibility index (Phi) is 3.65. The SMILES string of the molecule is NCc1cc(-c2ccc(C3CCCCC3)cc2)no1. The summed E-state index contributed by atoms with van der Waals surface area (Å²) < 4.78 is 5.14. The van der Waals surface area contributed by atoms with Crippen molar-refractivity contribution >= 4 is 0 Å². The van der Waals surface area contributed by atoms with Crippen LogP contribution in [0.1, 0.15) is 49.3 Å². The van der Waals surface area contributed by atoms with Crippen molar-refractivity contribution in [3.63, 3.8) is 0 Å². The van der Waals surface area contributed by atoms with Gasteiger partial charge in [0.2, 0.25) is 0 Å². The predicted octanol–water partition coefficient (Wildman–Crippen LogP) is 3.85. The maximum Gasteiger partial charge on any atom is 0.150 e. The second kappa shape index (κ2) is 5.57. The highest BCUT2D eigenvalue weighted by atomic mass is 16.5. The second-order valence-electron chi connectivity index (χ2n) is 5.34. The summed E-state index contributed by atoms with van der Waals surface area (Å²) in [5.41, 5.74) is 8.96. The lowest BCUT2D eigenvalue weighted by Crippen LogP contribution is -2.04. The molecule has 0 bridgehead atoms. The first-order valence-corrected chi connectivity index (χ1v) is 7.13. The molecule has 1 saturated carbocycles. The van der Waals surface area contributed by atoms with Crippen LogP contribution in [0.15, 0.2) is 34.9 Å². The van der Waals surface area contributed by atoms with Gasteiger partial charge < -0.3 is 10.3 Å². The number of nitrogens with zero attached hydrogens (tertiary/aromatic N) is 1. The first-order chi connectivity index (χ1) is 9.36. The molecule has 19 heavy (non-hydrogen) atoms. The monoisotopic (exact) mass is 256 g/mol. The van der Waals surface area contributed by atoms with Crippen LogP contribution in [0.4, 0.5) is 0 Å². The van der Waals surface area contributed by atoms with Gasteiger partial charge in [0.15, 0.2) is 5.76 Å². The van der Waals surface area contributed by atoms with Crippen LogP contribution in [0.5, 0.6) is 0 Å². The molecule has 1 fully saturated rings. The molecular formula is C16H20N2O. The molecule has 1 heterocycles. The predicted molar refractivity (Wildman–Crippen MR) is 75.7 cm³/mol. The van der Waals surface area contributed by atoms with E-state index in [2.05, 4.69) is 29.4 Å². The van der Waals surface area contributed by atoms with Gasteiger partial charge in [-0.25, -0.2) is 0 Å². The standard InChI is InChI=1S/C16H20N2O/c17-11-15-10-16(18-19-15)14-8-6-13(7-9-14)12-4-2-1-3-5-12/h6-10,12H,1-5,11,17H2. The Morgan fingerprint density at radius 3 is 2.47 bits per heavy atom. The molecule has 0 spiro atoms. The van der Waals surface area contributed by atoms with Crippen LogP contribution in [0, 0.1) is 0 Å². The normalized spacial score (nSPS) is 16.7. The van der Waals surface area contributed by atoms with Gasteiger partial charge >= 0.3 is 0 Å². The molecule has 0 saturated heterocycles. The number of rotatable bonds is 3. The molecule has 0 radical (unpaired) electrons. The van der Waals surface area contributed by atoms with Gasteiger partial charge in [0, 0.05) is 11.6 Å². The first kappa shape index (κ1) is 12.4. The molecule has 1 aromatic heterocycles. The van der Waals surface area contributed by atoms with E-state index in [9.17, 15) is 0 Å². The van der Waals surface area contributed by atoms with Gasteiger partial charge in [-0.15, -0.1) is 0 Å². The molecule has 0 unspecified atom stereocenters. The summed E-state index contributed by atoms with van der Waals surface area (Å²) in [5, 5.41) is 4.04. The average molecular weight is 256 g/mol. The summed E-state index contributed by atoms with van der Waals surface area (Å²) in [6.07, 6.45) is 6.81. The van der Waals surface area contributed by atoms with Crippen molar-refractivity contribution in [2.45, 2.75) is 44.6 Å². The van der Waals surface area contributed by atoms with Crippen molar-refractivity contribution < 1.29 is 4.52 Å². The number of benzene rings is 1. The van der Waals surface area contributed by atoms with Gasteiger partial charge in [-0.2, -0.15) is 0 Å². The van der Waals surface area contributed by atoms with Crippen LogP contribution in [0.25, 0.3) is 11.3 Å². The summed E-state index contributed by atoms with van der Waals surface area (Å²) >= 11 is 0. The third-order valence-electron chi connectivity index (χ3n) is 4.04. The zero-order valence-electron chi connectivity index (χ0n) is 11.1. The molecule has 0 amide bonds. The zero-order chi connectivity index (χ0) is 13.1. The largest absolute Gasteiger partial charge is 0.359 e. The Labute approximate surface area is 113 Å². The van der Waals surface area contributed by atoms with Gasteiger partial charge in [0.1, 0.15) is 5.69 Å². The van der Waals surface area contributed by atoms with E-state index in [4.69, 9.17) is 10.3 Å². The van der Waals surface area contributed by atoms with Crippen molar-refractivity contribution in [2.75, 3.05) is 0 Å². The third-order valence-corrected chi connectivity index (χ3v) is 4.04. The third kappa shape index (κ3) is 2.71. The Morgan fingerprint density at radius 2 is 1.84 bits per heavy atom. The molecule has 1 aliphatic rings. The molecule has 1 aromatic carbocycles. The maximum absolute atomic E-state index is 5.53. The number of aromatic nitrogens is 1. The van der Waals surface area contributed by atoms with E-state index in [0.717, 1.165) is 22.9 Å². The van der Waals surface area contributed by atoms with E-state index < -0.39 is 0 Å². The summed E-state index contributed by atoms with van der Waals surface area (Å²) in [4.78, 5) is 0. The first-order valence-electron chi connectivity index (χ1n) is 7.13. The van der Waals surface area contributed by atoms with E-state index in [1.165, 1.54) is 37.7 Å². The fraction of sp³-hybridized carbons (Fsp3) is 0.438. The van der Waals surface area contributed by atoms with Gasteiger partial charge in [0.05, 0.1) is 6.54 Å². The van der Waals surface area contributed by atoms with Crippen molar-refractivity contribution in [1.29, 1.82) is 0 Å². The quantitative estimate of drug-likeness (QED) is 0.907. The van der Waals surface area contributed by atoms with Gasteiger partial charge in [-0.3, -0.25) is 0 Å². The maximum atomic E-state index is 5.53. The van der Waals surface area contributed by atoms with E-state index in [1.807, 2.05) is 6.07 Å². The minimum absolute atomic E-state index is 0.396. The van der Waals surface area contributed by atoms with Crippen molar-refractivity contribution in [1.82, 2.24) is 5.16 Å². The highest BCUT2D eigenvalue weighted by Gasteiger charge is 2.15. The number of hydrogen-bond donors (Lipinski definition) is 1. The lowest BCUT2D eigenvalue weighted by molar-refractivity contribution is 0.387. The molecule has 2 aromatic rings. The molecule has 3 nitrogen and oxygen atoms in total. The van der Waals surface area contributed by atoms with Gasteiger partial charge in [0.25, 0.3) is 0 Å². The van der Waals surface area contributed by atoms with E-state index in [0.29, 0.717) is 6.54 Å². The lowest BCUT2D eigenvalue weighted by atomic mass is 9.84. The Morgan fingerprint density at radius 1 is 1.11 bits per heavy atom. The Balaban J connectivity index is 1.78. The summed E-state index contributed by atoms with van der Waals surface area (Å²) in [5.74, 6) is 1.48. The number of hydrogen-bond acceptors (Lipinski definition) is 3. The molecule has 3 heteroatoms. The molecule has 2 N–H and O–H groups in total. The molecular weight excluding hydrogens is 236 g/mol. The van der Waals surface area contributed by atoms with Crippen LogP contribution in [0.3, 0.4) is 0 Å². The van der Waals surface area contributed by atoms with Crippen molar-refractivity contribution in [2.24, 2.45) is 5.73 Å². The summed E-state index contributed by atoms with van der Waals surface area (Å²) in [6.45, 7) is 0.396. The Bertz CT molecular complexity index is 524. The van der Waals surface area contributed by atoms with Gasteiger partial charge in [-0.05, 0) is 24.3 Å². The average Bonchev–Trinajstić information content (AvgIpc) is 2.97. The lowest BCUT2D eigenvalue weighted by Gasteiger charge is -2.21. The summed E-state index contributed by atoms with van der Waals surface area (Å²) in [6, 6.07) is 10.7. The molecule has 1 aliphatic carbocycles. The fourth-order valence-corrected chi connectivity index (χ4v) is 2.91. The number of nitrogens with two attached hydrogens (primary N) is 1. The van der Waals surface area contributed by atoms with E-state index in [-0.39, 0.29) is 0 Å². The van der Waals surface area contributed by atoms with Crippen LogP contribution in [-0.2, 0) is 6.54 Å². The van der Waals surface area contributed by atoms with Crippen molar-refractivity contribution in [3.05, 3.63) is 41.7 Å². The smallest absolute Gasteiger partial charge is 0.150 e. The van der Waals surface area contributed by atoms with Crippen LogP contribution in [-0.4, -0.2) is 5.16 Å². The van der Waals surface area contributed by atoms with E-state index >= 15 is 0 Å². The minimum Gasteiger partial charge on any atom is -0.359 e. The minimum atomic E-state index is 0.396. The Hall–Kier alpha value is -1.61. The zero-order valence-corrected chi connectivity index (χ0v) is 11.1. The molecule has 100 valence electrons. The van der Waals surface area contributed by atoms with Crippen LogP contribution < -0.4 is 5.73 Å². The van der Waals surface area contributed by atoms with Gasteiger partial charge in [-0.1, -0.05) is 48.7 Å². The van der Waals surface area contributed by atoms with Crippen molar-refractivity contribution in [3.8, 4) is 11.3 Å². The highest BCUT2D eigenvalue weighted by molar-refractivity contribution is 5.59. The molecule has 0 aliphatic heterocycles.